The van der Waals surface area contributed by atoms with E-state index in [0.29, 0.717) is 13.1 Å². The second-order valence-corrected chi connectivity index (χ2v) is 12.4. The van der Waals surface area contributed by atoms with E-state index in [0.717, 1.165) is 35.1 Å². The number of hydrogen-bond donors (Lipinski definition) is 3. The van der Waals surface area contributed by atoms with Gasteiger partial charge in [-0.1, -0.05) is 84.9 Å². The van der Waals surface area contributed by atoms with E-state index in [1.807, 2.05) is 96.8 Å². The molecular formula is C36H42N6O4. The van der Waals surface area contributed by atoms with Crippen LogP contribution in [0.5, 0.6) is 0 Å². The Bertz CT molecular complexity index is 1630. The van der Waals surface area contributed by atoms with Crippen molar-refractivity contribution in [1.82, 2.24) is 19.8 Å². The first-order valence-electron chi connectivity index (χ1n) is 15.6. The van der Waals surface area contributed by atoms with E-state index in [9.17, 15) is 14.4 Å². The van der Waals surface area contributed by atoms with Gasteiger partial charge in [-0.25, -0.2) is 4.98 Å². The minimum absolute atomic E-state index is 0.0441. The number of hydrogen-bond acceptors (Lipinski definition) is 6. The Hall–Kier alpha value is -4.80. The highest BCUT2D eigenvalue weighted by molar-refractivity contribution is 5.98. The van der Waals surface area contributed by atoms with Crippen molar-refractivity contribution in [3.63, 3.8) is 0 Å². The van der Waals surface area contributed by atoms with E-state index in [4.69, 9.17) is 10.5 Å². The van der Waals surface area contributed by atoms with Gasteiger partial charge >= 0.3 is 0 Å². The number of nitrogens with two attached hydrogens (primary N) is 1. The molecule has 0 spiro atoms. The Morgan fingerprint density at radius 3 is 2.13 bits per heavy atom. The Kier molecular flexibility index (Phi) is 9.99. The highest BCUT2D eigenvalue weighted by Crippen LogP contribution is 2.32. The smallest absolute Gasteiger partial charge is 0.253 e. The summed E-state index contributed by atoms with van der Waals surface area (Å²) < 4.78 is 7.55. The molecule has 4 N–H and O–H groups in total. The molecule has 240 valence electrons. The standard InChI is InChI=1S/C36H42N6O4/c1-35(2,37)33(44)39-30(24-46-23-26-12-6-4-7-13-26)32(43)40-31-22-42(25-38-31)36(3,34(45)41-20-10-11-21-41)29-18-16-28(17-19-29)27-14-8-5-9-15-27/h4-9,12-19,22,25,30H,10-11,20-21,23-24,37H2,1-3H3,(H,39,44)(H,40,43)/t30-,36?/m1/s1. The highest BCUT2D eigenvalue weighted by atomic mass is 16.5. The molecule has 0 radical (unpaired) electrons. The van der Waals surface area contributed by atoms with Crippen LogP contribution in [0, 0.1) is 0 Å². The van der Waals surface area contributed by atoms with Crippen LogP contribution in [0.25, 0.3) is 11.1 Å². The number of amides is 3. The molecule has 10 nitrogen and oxygen atoms in total. The maximum Gasteiger partial charge on any atom is 0.253 e. The molecule has 2 atom stereocenters. The number of ether oxygens (including phenoxy) is 1. The largest absolute Gasteiger partial charge is 0.374 e. The van der Waals surface area contributed by atoms with Crippen molar-refractivity contribution in [2.24, 2.45) is 5.73 Å². The van der Waals surface area contributed by atoms with E-state index in [2.05, 4.69) is 15.6 Å². The fourth-order valence-electron chi connectivity index (χ4n) is 5.47. The molecule has 1 saturated heterocycles. The molecule has 0 bridgehead atoms. The van der Waals surface area contributed by atoms with Gasteiger partial charge < -0.3 is 30.6 Å². The fourth-order valence-corrected chi connectivity index (χ4v) is 5.47. The zero-order valence-electron chi connectivity index (χ0n) is 26.6. The van der Waals surface area contributed by atoms with Crippen molar-refractivity contribution < 1.29 is 19.1 Å². The first-order chi connectivity index (χ1) is 22.1. The molecule has 3 aromatic carbocycles. The van der Waals surface area contributed by atoms with Gasteiger partial charge in [-0.3, -0.25) is 14.4 Å². The minimum Gasteiger partial charge on any atom is -0.374 e. The Balaban J connectivity index is 1.38. The molecule has 46 heavy (non-hydrogen) atoms. The van der Waals surface area contributed by atoms with Crippen LogP contribution in [-0.2, 0) is 31.3 Å². The summed E-state index contributed by atoms with van der Waals surface area (Å²) in [5.74, 6) is -0.821. The normalized spacial score (nSPS) is 15.2. The van der Waals surface area contributed by atoms with E-state index in [1.54, 1.807) is 30.9 Å². The van der Waals surface area contributed by atoms with Gasteiger partial charge in [0, 0.05) is 19.3 Å². The predicted octanol–water partition coefficient (Wildman–Crippen LogP) is 4.31. The van der Waals surface area contributed by atoms with Crippen LogP contribution in [0.3, 0.4) is 0 Å². The van der Waals surface area contributed by atoms with Crippen LogP contribution in [0.1, 0.15) is 44.7 Å². The van der Waals surface area contributed by atoms with Gasteiger partial charge in [-0.15, -0.1) is 0 Å². The minimum atomic E-state index is -1.20. The quantitative estimate of drug-likeness (QED) is 0.216. The molecule has 3 amide bonds. The molecule has 10 heteroatoms. The fraction of sp³-hybridized carbons (Fsp3) is 0.333. The zero-order valence-corrected chi connectivity index (χ0v) is 26.6. The summed E-state index contributed by atoms with van der Waals surface area (Å²) in [7, 11) is 0. The van der Waals surface area contributed by atoms with Crippen molar-refractivity contribution in [1.29, 1.82) is 0 Å². The van der Waals surface area contributed by atoms with E-state index in [1.165, 1.54) is 0 Å². The third-order valence-corrected chi connectivity index (χ3v) is 8.32. The summed E-state index contributed by atoms with van der Waals surface area (Å²) in [5, 5.41) is 5.50. The summed E-state index contributed by atoms with van der Waals surface area (Å²) in [4.78, 5) is 46.7. The predicted molar refractivity (Wildman–Crippen MR) is 178 cm³/mol. The maximum absolute atomic E-state index is 14.1. The summed E-state index contributed by atoms with van der Waals surface area (Å²) >= 11 is 0. The number of carbonyl (C=O) groups excluding carboxylic acids is 3. The molecule has 1 aliphatic heterocycles. The van der Waals surface area contributed by atoms with Gasteiger partial charge in [0.2, 0.25) is 5.91 Å². The second-order valence-electron chi connectivity index (χ2n) is 12.4. The first-order valence-corrected chi connectivity index (χ1v) is 15.6. The number of nitrogens with one attached hydrogen (secondary N) is 2. The van der Waals surface area contributed by atoms with Crippen molar-refractivity contribution in [3.05, 3.63) is 109 Å². The third-order valence-electron chi connectivity index (χ3n) is 8.32. The highest BCUT2D eigenvalue weighted by Gasteiger charge is 2.41. The van der Waals surface area contributed by atoms with E-state index in [-0.39, 0.29) is 24.9 Å². The Labute approximate surface area is 270 Å². The van der Waals surface area contributed by atoms with Gasteiger partial charge in [0.25, 0.3) is 11.8 Å². The number of benzene rings is 3. The number of likely N-dealkylation sites (tertiary alicyclic amines) is 1. The van der Waals surface area contributed by atoms with Gasteiger partial charge in [-0.2, -0.15) is 0 Å². The summed E-state index contributed by atoms with van der Waals surface area (Å²) in [6.45, 7) is 6.57. The number of imidazole rings is 1. The topological polar surface area (TPSA) is 132 Å². The van der Waals surface area contributed by atoms with Gasteiger partial charge in [0.05, 0.1) is 25.1 Å². The lowest BCUT2D eigenvalue weighted by atomic mass is 9.88. The Morgan fingerprint density at radius 1 is 0.891 bits per heavy atom. The number of aromatic nitrogens is 2. The molecule has 2 heterocycles. The van der Waals surface area contributed by atoms with Gasteiger partial charge in [-0.05, 0) is 55.9 Å². The summed E-state index contributed by atoms with van der Waals surface area (Å²) in [5.41, 5.74) is 7.53. The molecule has 0 aliphatic carbocycles. The second kappa shape index (κ2) is 14.1. The molecule has 0 saturated carbocycles. The first kappa shape index (κ1) is 32.6. The van der Waals surface area contributed by atoms with Crippen molar-refractivity contribution in [3.8, 4) is 11.1 Å². The lowest BCUT2D eigenvalue weighted by Gasteiger charge is -2.34. The average molecular weight is 623 g/mol. The molecule has 1 aliphatic rings. The van der Waals surface area contributed by atoms with E-state index >= 15 is 0 Å². The lowest BCUT2D eigenvalue weighted by Crippen LogP contribution is -2.56. The third kappa shape index (κ3) is 7.52. The van der Waals surface area contributed by atoms with Crippen LogP contribution in [0.2, 0.25) is 0 Å². The molecular weight excluding hydrogens is 580 g/mol. The van der Waals surface area contributed by atoms with Gasteiger partial charge in [0.1, 0.15) is 11.6 Å². The lowest BCUT2D eigenvalue weighted by molar-refractivity contribution is -0.137. The molecule has 1 unspecified atom stereocenters. The van der Waals surface area contributed by atoms with Crippen LogP contribution >= 0.6 is 0 Å². The zero-order chi connectivity index (χ0) is 32.7. The summed E-state index contributed by atoms with van der Waals surface area (Å²) in [6.07, 6.45) is 5.11. The molecule has 4 aromatic rings. The summed E-state index contributed by atoms with van der Waals surface area (Å²) in [6, 6.07) is 26.5. The van der Waals surface area contributed by atoms with Crippen LogP contribution in [0.15, 0.2) is 97.5 Å². The number of anilines is 1. The van der Waals surface area contributed by atoms with Crippen LogP contribution < -0.4 is 16.4 Å². The van der Waals surface area contributed by atoms with Crippen LogP contribution in [-0.4, -0.2) is 63.4 Å². The SMILES string of the molecule is CC(C)(N)C(=O)N[C@H](COCc1ccccc1)C(=O)Nc1cn(C(C)(C(=O)N2CCCC2)c2ccc(-c3ccccc3)cc2)cn1. The molecule has 1 aromatic heterocycles. The van der Waals surface area contributed by atoms with E-state index < -0.39 is 28.9 Å². The number of nitrogens with zero attached hydrogens (tertiary/aromatic N) is 3. The van der Waals surface area contributed by atoms with Crippen molar-refractivity contribution in [2.45, 2.75) is 57.3 Å². The van der Waals surface area contributed by atoms with Crippen molar-refractivity contribution in [2.75, 3.05) is 25.0 Å². The number of rotatable bonds is 12. The number of carbonyl (C=O) groups is 3. The van der Waals surface area contributed by atoms with Crippen LogP contribution in [0.4, 0.5) is 5.82 Å². The maximum atomic E-state index is 14.1. The van der Waals surface area contributed by atoms with Crippen molar-refractivity contribution >= 4 is 23.5 Å². The average Bonchev–Trinajstić information content (AvgIpc) is 3.77. The molecule has 5 rings (SSSR count). The molecule has 1 fully saturated rings. The monoisotopic (exact) mass is 622 g/mol. The van der Waals surface area contributed by atoms with Gasteiger partial charge in [0.15, 0.2) is 5.82 Å². The Morgan fingerprint density at radius 2 is 1.50 bits per heavy atom.